The van der Waals surface area contributed by atoms with Gasteiger partial charge in [-0.15, -0.1) is 0 Å². The smallest absolute Gasteiger partial charge is 0.416 e. The first-order chi connectivity index (χ1) is 16.3. The summed E-state index contributed by atoms with van der Waals surface area (Å²) in [7, 11) is 1.54. The highest BCUT2D eigenvalue weighted by Gasteiger charge is 2.31. The minimum absolute atomic E-state index is 0.242. The van der Waals surface area contributed by atoms with Gasteiger partial charge in [0.2, 0.25) is 0 Å². The Labute approximate surface area is 204 Å². The molecule has 3 aromatic rings. The van der Waals surface area contributed by atoms with E-state index in [9.17, 15) is 13.2 Å². The summed E-state index contributed by atoms with van der Waals surface area (Å²) in [5, 5.41) is 3.59. The maximum atomic E-state index is 13.2. The number of hydrogen-bond acceptors (Lipinski definition) is 6. The molecule has 0 radical (unpaired) electrons. The van der Waals surface area contributed by atoms with Crippen LogP contribution < -0.4 is 14.8 Å². The van der Waals surface area contributed by atoms with Crippen LogP contribution in [0.3, 0.4) is 0 Å². The lowest BCUT2D eigenvalue weighted by Crippen LogP contribution is -2.31. The maximum Gasteiger partial charge on any atom is 0.416 e. The predicted octanol–water partition coefficient (Wildman–Crippen LogP) is 6.42. The second-order valence-electron chi connectivity index (χ2n) is 8.16. The summed E-state index contributed by atoms with van der Waals surface area (Å²) in [6.45, 7) is 3.84. The molecule has 182 valence electrons. The Morgan fingerprint density at radius 2 is 1.85 bits per heavy atom. The normalized spacial score (nSPS) is 14.9. The van der Waals surface area contributed by atoms with Crippen molar-refractivity contribution in [2.24, 2.45) is 0 Å². The molecule has 6 nitrogen and oxygen atoms in total. The van der Waals surface area contributed by atoms with Crippen molar-refractivity contribution in [1.29, 1.82) is 0 Å². The summed E-state index contributed by atoms with van der Waals surface area (Å²) < 4.78 is 51.5. The molecule has 0 spiro atoms. The summed E-state index contributed by atoms with van der Waals surface area (Å²) in [5.74, 6) is 1.44. The summed E-state index contributed by atoms with van der Waals surface area (Å²) in [5.41, 5.74) is 0.0774. The molecule has 34 heavy (non-hydrogen) atoms. The van der Waals surface area contributed by atoms with E-state index in [0.717, 1.165) is 38.2 Å². The lowest BCUT2D eigenvalue weighted by atomic mass is 10.1. The molecule has 0 aliphatic carbocycles. The summed E-state index contributed by atoms with van der Waals surface area (Å²) in [6, 6.07) is 6.91. The number of aromatic nitrogens is 2. The van der Waals surface area contributed by atoms with E-state index >= 15 is 0 Å². The molecule has 2 heterocycles. The van der Waals surface area contributed by atoms with Crippen LogP contribution in [0.5, 0.6) is 11.5 Å². The van der Waals surface area contributed by atoms with E-state index in [1.54, 1.807) is 19.2 Å². The van der Waals surface area contributed by atoms with Gasteiger partial charge in [0.15, 0.2) is 11.5 Å². The molecule has 1 N–H and O–H groups in total. The largest absolute Gasteiger partial charge is 0.493 e. The van der Waals surface area contributed by atoms with Gasteiger partial charge in [0.05, 0.1) is 30.5 Å². The number of alkyl halides is 3. The summed E-state index contributed by atoms with van der Waals surface area (Å²) in [4.78, 5) is 11.0. The molecule has 1 aromatic heterocycles. The van der Waals surface area contributed by atoms with Crippen molar-refractivity contribution >= 4 is 38.3 Å². The Hall–Kier alpha value is -2.59. The molecule has 1 fully saturated rings. The van der Waals surface area contributed by atoms with Crippen molar-refractivity contribution in [3.8, 4) is 11.5 Å². The van der Waals surface area contributed by atoms with E-state index in [2.05, 4.69) is 36.1 Å². The number of anilines is 2. The number of methoxy groups -OCH3 is 1. The van der Waals surface area contributed by atoms with Gasteiger partial charge in [-0.2, -0.15) is 13.2 Å². The van der Waals surface area contributed by atoms with Crippen molar-refractivity contribution in [3.05, 3.63) is 46.7 Å². The number of halogens is 4. The monoisotopic (exact) mass is 538 g/mol. The van der Waals surface area contributed by atoms with Crippen LogP contribution in [0.25, 0.3) is 10.9 Å². The first-order valence-electron chi connectivity index (χ1n) is 11.2. The van der Waals surface area contributed by atoms with Crippen LogP contribution in [0.2, 0.25) is 0 Å². The SMILES string of the molecule is COc1cc2c(Nc3cc(C(F)(F)F)ccc3Br)ncnc2cc1OCCCN1CCCCC1. The summed E-state index contributed by atoms with van der Waals surface area (Å²) >= 11 is 3.30. The zero-order valence-electron chi connectivity index (χ0n) is 18.8. The van der Waals surface area contributed by atoms with Crippen molar-refractivity contribution in [3.63, 3.8) is 0 Å². The van der Waals surface area contributed by atoms with E-state index in [1.165, 1.54) is 31.7 Å². The Balaban J connectivity index is 1.53. The average molecular weight is 539 g/mol. The van der Waals surface area contributed by atoms with Crippen LogP contribution in [-0.2, 0) is 6.18 Å². The predicted molar refractivity (Wildman–Crippen MR) is 129 cm³/mol. The van der Waals surface area contributed by atoms with Gasteiger partial charge in [0.25, 0.3) is 0 Å². The number of fused-ring (bicyclic) bond motifs is 1. The van der Waals surface area contributed by atoms with Crippen molar-refractivity contribution in [2.45, 2.75) is 31.9 Å². The second-order valence-corrected chi connectivity index (χ2v) is 9.02. The molecule has 0 atom stereocenters. The standard InChI is InChI=1S/C24H26BrF3N4O2/c1-33-21-13-17-19(14-22(21)34-11-5-10-32-8-3-2-4-9-32)29-15-30-23(17)31-20-12-16(24(26,27)28)6-7-18(20)25/h6-7,12-15H,2-5,8-11H2,1H3,(H,29,30,31). The highest BCUT2D eigenvalue weighted by atomic mass is 79.9. The zero-order chi connectivity index (χ0) is 24.1. The molecule has 1 saturated heterocycles. The Morgan fingerprint density at radius 1 is 1.06 bits per heavy atom. The third-order valence-electron chi connectivity index (χ3n) is 5.79. The molecule has 0 bridgehead atoms. The fraction of sp³-hybridized carbons (Fsp3) is 0.417. The minimum Gasteiger partial charge on any atom is -0.493 e. The molecule has 0 unspecified atom stereocenters. The molecule has 1 aliphatic rings. The van der Waals surface area contributed by atoms with Crippen LogP contribution >= 0.6 is 15.9 Å². The number of hydrogen-bond donors (Lipinski definition) is 1. The Morgan fingerprint density at radius 3 is 2.59 bits per heavy atom. The molecular weight excluding hydrogens is 513 g/mol. The van der Waals surface area contributed by atoms with Gasteiger partial charge in [-0.3, -0.25) is 0 Å². The third kappa shape index (κ3) is 5.90. The molecule has 10 heteroatoms. The van der Waals surface area contributed by atoms with Gasteiger partial charge < -0.3 is 19.7 Å². The van der Waals surface area contributed by atoms with E-state index in [1.807, 2.05) is 0 Å². The van der Waals surface area contributed by atoms with E-state index < -0.39 is 11.7 Å². The first kappa shape index (κ1) is 24.5. The molecule has 1 aliphatic heterocycles. The zero-order valence-corrected chi connectivity index (χ0v) is 20.4. The third-order valence-corrected chi connectivity index (χ3v) is 6.48. The van der Waals surface area contributed by atoms with E-state index in [4.69, 9.17) is 9.47 Å². The van der Waals surface area contributed by atoms with Crippen LogP contribution in [-0.4, -0.2) is 48.2 Å². The molecular formula is C24H26BrF3N4O2. The van der Waals surface area contributed by atoms with Crippen LogP contribution in [0.4, 0.5) is 24.7 Å². The lowest BCUT2D eigenvalue weighted by molar-refractivity contribution is -0.137. The van der Waals surface area contributed by atoms with E-state index in [-0.39, 0.29) is 5.69 Å². The molecule has 2 aromatic carbocycles. The highest BCUT2D eigenvalue weighted by molar-refractivity contribution is 9.10. The van der Waals surface area contributed by atoms with Crippen LogP contribution in [0, 0.1) is 0 Å². The maximum absolute atomic E-state index is 13.2. The summed E-state index contributed by atoms with van der Waals surface area (Å²) in [6.07, 6.45) is 1.64. The fourth-order valence-corrected chi connectivity index (χ4v) is 4.36. The highest BCUT2D eigenvalue weighted by Crippen LogP contribution is 2.38. The lowest BCUT2D eigenvalue weighted by Gasteiger charge is -2.26. The van der Waals surface area contributed by atoms with Crippen molar-refractivity contribution in [2.75, 3.05) is 38.7 Å². The second kappa shape index (κ2) is 10.8. The number of ether oxygens (including phenoxy) is 2. The first-order valence-corrected chi connectivity index (χ1v) is 12.0. The Bertz CT molecular complexity index is 1140. The number of nitrogens with one attached hydrogen (secondary N) is 1. The number of nitrogens with zero attached hydrogens (tertiary/aromatic N) is 3. The van der Waals surface area contributed by atoms with Crippen LogP contribution in [0.1, 0.15) is 31.2 Å². The molecule has 0 amide bonds. The minimum atomic E-state index is -4.45. The van der Waals surface area contributed by atoms with Crippen molar-refractivity contribution < 1.29 is 22.6 Å². The van der Waals surface area contributed by atoms with E-state index in [0.29, 0.717) is 39.3 Å². The van der Waals surface area contributed by atoms with Gasteiger partial charge in [0.1, 0.15) is 12.1 Å². The molecule has 4 rings (SSSR count). The average Bonchev–Trinajstić information content (AvgIpc) is 2.83. The molecule has 0 saturated carbocycles. The number of likely N-dealkylation sites (tertiary alicyclic amines) is 1. The van der Waals surface area contributed by atoms with Gasteiger partial charge in [0, 0.05) is 22.5 Å². The fourth-order valence-electron chi connectivity index (χ4n) is 4.01. The van der Waals surface area contributed by atoms with Gasteiger partial charge in [-0.1, -0.05) is 6.42 Å². The van der Waals surface area contributed by atoms with Crippen molar-refractivity contribution in [1.82, 2.24) is 14.9 Å². The van der Waals surface area contributed by atoms with Crippen LogP contribution in [0.15, 0.2) is 41.1 Å². The Kier molecular flexibility index (Phi) is 7.77. The van der Waals surface area contributed by atoms with Gasteiger partial charge in [-0.25, -0.2) is 9.97 Å². The quantitative estimate of drug-likeness (QED) is 0.334. The van der Waals surface area contributed by atoms with Gasteiger partial charge in [-0.05, 0) is 72.5 Å². The topological polar surface area (TPSA) is 59.5 Å². The van der Waals surface area contributed by atoms with Gasteiger partial charge >= 0.3 is 6.18 Å². The number of benzene rings is 2. The number of rotatable bonds is 8. The number of piperidine rings is 1.